The van der Waals surface area contributed by atoms with Crippen LogP contribution < -0.4 is 11.0 Å². The summed E-state index contributed by atoms with van der Waals surface area (Å²) in [5, 5.41) is 22.1. The molecule has 8 heteroatoms. The third kappa shape index (κ3) is 2.84. The Kier molecular flexibility index (Phi) is 4.30. The minimum atomic E-state index is -0.136. The Morgan fingerprint density at radius 3 is 2.83 bits per heavy atom. The number of aromatic nitrogens is 4. The van der Waals surface area contributed by atoms with Crippen molar-refractivity contribution in [3.63, 3.8) is 0 Å². The smallest absolute Gasteiger partial charge is 0.335 e. The molecule has 0 saturated carbocycles. The quantitative estimate of drug-likeness (QED) is 0.548. The van der Waals surface area contributed by atoms with Crippen molar-refractivity contribution in [1.82, 2.24) is 24.4 Å². The molecule has 4 heterocycles. The zero-order valence-corrected chi connectivity index (χ0v) is 16.0. The van der Waals surface area contributed by atoms with E-state index in [-0.39, 0.29) is 23.0 Å². The van der Waals surface area contributed by atoms with Gasteiger partial charge in [-0.1, -0.05) is 0 Å². The van der Waals surface area contributed by atoms with E-state index >= 15 is 0 Å². The van der Waals surface area contributed by atoms with Gasteiger partial charge in [-0.3, -0.25) is 14.1 Å². The molecule has 0 radical (unpaired) electrons. The summed E-state index contributed by atoms with van der Waals surface area (Å²) in [6.45, 7) is 1.62. The first-order valence-corrected chi connectivity index (χ1v) is 9.66. The fraction of sp³-hybridized carbons (Fsp3) is 0.182. The van der Waals surface area contributed by atoms with Crippen LogP contribution in [0.25, 0.3) is 28.1 Å². The van der Waals surface area contributed by atoms with E-state index in [2.05, 4.69) is 15.3 Å². The van der Waals surface area contributed by atoms with E-state index < -0.39 is 0 Å². The third-order valence-corrected chi connectivity index (χ3v) is 5.45. The second-order valence-corrected chi connectivity index (χ2v) is 7.23. The number of nitriles is 1. The van der Waals surface area contributed by atoms with Crippen molar-refractivity contribution in [2.45, 2.75) is 12.5 Å². The molecule has 1 unspecified atom stereocenters. The molecule has 1 atom stereocenters. The van der Waals surface area contributed by atoms with Crippen molar-refractivity contribution in [3.8, 4) is 28.8 Å². The molecule has 0 bridgehead atoms. The van der Waals surface area contributed by atoms with Crippen molar-refractivity contribution in [2.75, 3.05) is 13.1 Å². The lowest BCUT2D eigenvalue weighted by Crippen LogP contribution is -2.28. The minimum Gasteiger partial charge on any atom is -0.507 e. The SMILES string of the molecule is N#Cc1cc(-c2ccc(-n3c(=O)n(C4CCNC4)c4ncccc43)cn2)ccc1O. The van der Waals surface area contributed by atoms with Crippen molar-refractivity contribution in [1.29, 1.82) is 5.26 Å². The van der Waals surface area contributed by atoms with Crippen LogP contribution in [0.15, 0.2) is 59.7 Å². The van der Waals surface area contributed by atoms with Gasteiger partial charge in [-0.2, -0.15) is 5.26 Å². The van der Waals surface area contributed by atoms with Gasteiger partial charge in [0.2, 0.25) is 0 Å². The van der Waals surface area contributed by atoms with Crippen LogP contribution in [0.4, 0.5) is 0 Å². The molecule has 0 amide bonds. The first-order valence-electron chi connectivity index (χ1n) is 9.66. The lowest BCUT2D eigenvalue weighted by molar-refractivity contribution is 0.473. The zero-order valence-electron chi connectivity index (χ0n) is 16.0. The number of hydrogen-bond donors (Lipinski definition) is 2. The van der Waals surface area contributed by atoms with Gasteiger partial charge >= 0.3 is 5.69 Å². The lowest BCUT2D eigenvalue weighted by atomic mass is 10.1. The summed E-state index contributed by atoms with van der Waals surface area (Å²) in [7, 11) is 0. The highest BCUT2D eigenvalue weighted by Crippen LogP contribution is 2.26. The maximum absolute atomic E-state index is 13.3. The number of benzene rings is 1. The first-order chi connectivity index (χ1) is 14.7. The molecule has 148 valence electrons. The largest absolute Gasteiger partial charge is 0.507 e. The van der Waals surface area contributed by atoms with Crippen LogP contribution >= 0.6 is 0 Å². The van der Waals surface area contributed by atoms with Crippen molar-refractivity contribution in [3.05, 3.63) is 70.9 Å². The third-order valence-electron chi connectivity index (χ3n) is 5.45. The maximum Gasteiger partial charge on any atom is 0.335 e. The molecule has 1 saturated heterocycles. The summed E-state index contributed by atoms with van der Waals surface area (Å²) in [5.41, 5.74) is 3.45. The molecule has 4 aromatic rings. The number of aromatic hydroxyl groups is 1. The average molecular weight is 398 g/mol. The predicted octanol–water partition coefficient (Wildman–Crippen LogP) is 2.36. The second kappa shape index (κ2) is 7.13. The Balaban J connectivity index is 1.61. The Bertz CT molecular complexity index is 1340. The number of phenols is 1. The van der Waals surface area contributed by atoms with Gasteiger partial charge in [0.05, 0.1) is 34.7 Å². The number of nitrogens with zero attached hydrogens (tertiary/aromatic N) is 5. The Morgan fingerprint density at radius 2 is 2.10 bits per heavy atom. The van der Waals surface area contributed by atoms with Crippen LogP contribution in [0.1, 0.15) is 18.0 Å². The van der Waals surface area contributed by atoms with E-state index in [0.29, 0.717) is 22.6 Å². The number of imidazole rings is 1. The van der Waals surface area contributed by atoms with E-state index in [0.717, 1.165) is 25.0 Å². The summed E-state index contributed by atoms with van der Waals surface area (Å²) in [6, 6.07) is 14.1. The summed E-state index contributed by atoms with van der Waals surface area (Å²) < 4.78 is 3.40. The molecule has 2 N–H and O–H groups in total. The lowest BCUT2D eigenvalue weighted by Gasteiger charge is -2.09. The molecule has 0 spiro atoms. The van der Waals surface area contributed by atoms with Crippen LogP contribution in [-0.2, 0) is 0 Å². The predicted molar refractivity (Wildman–Crippen MR) is 111 cm³/mol. The van der Waals surface area contributed by atoms with E-state index in [1.807, 2.05) is 24.3 Å². The van der Waals surface area contributed by atoms with Crippen LogP contribution in [0.5, 0.6) is 5.75 Å². The number of phenolic OH excluding ortho intramolecular Hbond substituents is 1. The van der Waals surface area contributed by atoms with E-state index in [9.17, 15) is 9.90 Å². The fourth-order valence-electron chi connectivity index (χ4n) is 3.96. The number of fused-ring (bicyclic) bond motifs is 1. The maximum atomic E-state index is 13.3. The second-order valence-electron chi connectivity index (χ2n) is 7.23. The van der Waals surface area contributed by atoms with Crippen LogP contribution in [-0.4, -0.2) is 37.3 Å². The molecule has 8 nitrogen and oxygen atoms in total. The van der Waals surface area contributed by atoms with Crippen molar-refractivity contribution < 1.29 is 5.11 Å². The Labute approximate surface area is 171 Å². The fourth-order valence-corrected chi connectivity index (χ4v) is 3.96. The number of nitrogens with one attached hydrogen (secondary N) is 1. The molecule has 1 aromatic carbocycles. The molecule has 5 rings (SSSR count). The minimum absolute atomic E-state index is 0.0638. The van der Waals surface area contributed by atoms with Gasteiger partial charge in [0.15, 0.2) is 5.65 Å². The van der Waals surface area contributed by atoms with Gasteiger partial charge in [-0.15, -0.1) is 0 Å². The molecule has 0 aliphatic carbocycles. The van der Waals surface area contributed by atoms with Gasteiger partial charge in [-0.05, 0) is 55.4 Å². The molecular formula is C22H18N6O2. The molecule has 1 aliphatic heterocycles. The zero-order chi connectivity index (χ0) is 20.7. The van der Waals surface area contributed by atoms with Crippen molar-refractivity contribution >= 4 is 11.2 Å². The van der Waals surface area contributed by atoms with Crippen LogP contribution in [0.2, 0.25) is 0 Å². The van der Waals surface area contributed by atoms with Crippen LogP contribution in [0, 0.1) is 11.3 Å². The number of rotatable bonds is 3. The summed E-state index contributed by atoms with van der Waals surface area (Å²) >= 11 is 0. The van der Waals surface area contributed by atoms with Crippen molar-refractivity contribution in [2.24, 2.45) is 0 Å². The van der Waals surface area contributed by atoms with Gasteiger partial charge in [0.1, 0.15) is 11.8 Å². The van der Waals surface area contributed by atoms with E-state index in [1.165, 1.54) is 6.07 Å². The Morgan fingerprint density at radius 1 is 1.20 bits per heavy atom. The normalized spacial score (nSPS) is 16.0. The number of pyridine rings is 2. The highest BCUT2D eigenvalue weighted by molar-refractivity contribution is 5.74. The highest BCUT2D eigenvalue weighted by Gasteiger charge is 2.24. The van der Waals surface area contributed by atoms with Gasteiger partial charge in [0, 0.05) is 18.3 Å². The molecule has 1 fully saturated rings. The topological polar surface area (TPSA) is 109 Å². The standard InChI is InChI=1S/C22H18N6O2/c23-11-15-10-14(3-6-20(15)29)18-5-4-16(13-26-18)27-19-2-1-8-25-21(19)28(22(27)30)17-7-9-24-12-17/h1-6,8,10,13,17,24,29H,7,9,12H2. The van der Waals surface area contributed by atoms with E-state index in [4.69, 9.17) is 5.26 Å². The van der Waals surface area contributed by atoms with Gasteiger partial charge < -0.3 is 10.4 Å². The number of hydrogen-bond acceptors (Lipinski definition) is 6. The van der Waals surface area contributed by atoms with Gasteiger partial charge in [-0.25, -0.2) is 9.78 Å². The summed E-state index contributed by atoms with van der Waals surface area (Å²) in [6.07, 6.45) is 4.22. The summed E-state index contributed by atoms with van der Waals surface area (Å²) in [4.78, 5) is 22.3. The first kappa shape index (κ1) is 18.1. The highest BCUT2D eigenvalue weighted by atomic mass is 16.3. The molecular weight excluding hydrogens is 380 g/mol. The molecule has 30 heavy (non-hydrogen) atoms. The summed E-state index contributed by atoms with van der Waals surface area (Å²) in [5.74, 6) is -0.0638. The van der Waals surface area contributed by atoms with Crippen LogP contribution in [0.3, 0.4) is 0 Å². The van der Waals surface area contributed by atoms with Gasteiger partial charge in [0.25, 0.3) is 0 Å². The molecule has 3 aromatic heterocycles. The monoisotopic (exact) mass is 398 g/mol. The Hall–Kier alpha value is -3.96. The van der Waals surface area contributed by atoms with E-state index in [1.54, 1.807) is 39.7 Å². The molecule has 1 aliphatic rings. The average Bonchev–Trinajstić information content (AvgIpc) is 3.39.